The zero-order valence-corrected chi connectivity index (χ0v) is 10.2. The molecular weight excluding hydrogens is 253 g/mol. The molecule has 1 aromatic carbocycles. The minimum atomic E-state index is -0.993. The second-order valence-electron chi connectivity index (χ2n) is 4.33. The molecule has 2 rings (SSSR count). The molecule has 1 aromatic rings. The van der Waals surface area contributed by atoms with E-state index in [-0.39, 0.29) is 18.3 Å². The van der Waals surface area contributed by atoms with Crippen LogP contribution in [0.1, 0.15) is 12.8 Å². The van der Waals surface area contributed by atoms with Gasteiger partial charge in [-0.25, -0.2) is 9.18 Å². The fraction of sp³-hybridized carbons (Fsp3) is 0.385. The van der Waals surface area contributed by atoms with Gasteiger partial charge < -0.3 is 14.7 Å². The molecule has 19 heavy (non-hydrogen) atoms. The van der Waals surface area contributed by atoms with Crippen molar-refractivity contribution < 1.29 is 23.8 Å². The zero-order chi connectivity index (χ0) is 13.8. The Morgan fingerprint density at radius 3 is 2.68 bits per heavy atom. The molecule has 1 atom stereocenters. The van der Waals surface area contributed by atoms with Crippen molar-refractivity contribution >= 4 is 11.9 Å². The van der Waals surface area contributed by atoms with Crippen LogP contribution in [0.2, 0.25) is 0 Å². The summed E-state index contributed by atoms with van der Waals surface area (Å²) in [6.07, 6.45) is 1.15. The monoisotopic (exact) mass is 267 g/mol. The highest BCUT2D eigenvalue weighted by Gasteiger charge is 2.33. The normalized spacial score (nSPS) is 18.4. The summed E-state index contributed by atoms with van der Waals surface area (Å²) in [4.78, 5) is 24.1. The van der Waals surface area contributed by atoms with Crippen molar-refractivity contribution in [2.75, 3.05) is 13.2 Å². The number of hydrogen-bond acceptors (Lipinski definition) is 3. The average Bonchev–Trinajstić information content (AvgIpc) is 2.87. The lowest BCUT2D eigenvalue weighted by Crippen LogP contribution is -2.42. The van der Waals surface area contributed by atoms with Crippen molar-refractivity contribution in [2.24, 2.45) is 0 Å². The maximum Gasteiger partial charge on any atom is 0.326 e. The van der Waals surface area contributed by atoms with E-state index in [4.69, 9.17) is 9.84 Å². The molecule has 1 amide bonds. The molecule has 1 aliphatic rings. The summed E-state index contributed by atoms with van der Waals surface area (Å²) < 4.78 is 17.9. The van der Waals surface area contributed by atoms with Crippen LogP contribution in [0.5, 0.6) is 5.75 Å². The highest BCUT2D eigenvalue weighted by atomic mass is 19.1. The molecule has 1 saturated heterocycles. The zero-order valence-electron chi connectivity index (χ0n) is 10.2. The first-order valence-electron chi connectivity index (χ1n) is 5.98. The number of amides is 1. The molecular formula is C13H14FNO4. The van der Waals surface area contributed by atoms with E-state index in [1.165, 1.54) is 29.2 Å². The summed E-state index contributed by atoms with van der Waals surface area (Å²) in [6, 6.07) is 4.54. The number of nitrogens with zero attached hydrogens (tertiary/aromatic N) is 1. The predicted molar refractivity (Wildman–Crippen MR) is 64.3 cm³/mol. The summed E-state index contributed by atoms with van der Waals surface area (Å²) in [5.74, 6) is -1.37. The Morgan fingerprint density at radius 1 is 1.37 bits per heavy atom. The quantitative estimate of drug-likeness (QED) is 0.892. The van der Waals surface area contributed by atoms with Gasteiger partial charge in [-0.2, -0.15) is 0 Å². The lowest BCUT2D eigenvalue weighted by molar-refractivity contribution is -0.148. The van der Waals surface area contributed by atoms with Gasteiger partial charge >= 0.3 is 5.97 Å². The lowest BCUT2D eigenvalue weighted by Gasteiger charge is -2.21. The molecule has 0 spiro atoms. The topological polar surface area (TPSA) is 66.8 Å². The Labute approximate surface area is 109 Å². The van der Waals surface area contributed by atoms with Gasteiger partial charge in [-0.05, 0) is 37.1 Å². The molecule has 0 saturated carbocycles. The summed E-state index contributed by atoms with van der Waals surface area (Å²) in [6.45, 7) is 0.192. The third-order valence-electron chi connectivity index (χ3n) is 3.03. The first-order valence-corrected chi connectivity index (χ1v) is 5.98. The number of rotatable bonds is 4. The largest absolute Gasteiger partial charge is 0.484 e. The molecule has 1 heterocycles. The summed E-state index contributed by atoms with van der Waals surface area (Å²) in [5.41, 5.74) is 0. The second kappa shape index (κ2) is 5.69. The van der Waals surface area contributed by atoms with Crippen LogP contribution in [0.3, 0.4) is 0 Å². The number of carboxylic acids is 1. The van der Waals surface area contributed by atoms with Crippen molar-refractivity contribution in [3.05, 3.63) is 30.1 Å². The summed E-state index contributed by atoms with van der Waals surface area (Å²) >= 11 is 0. The van der Waals surface area contributed by atoms with Crippen LogP contribution in [0, 0.1) is 5.82 Å². The summed E-state index contributed by atoms with van der Waals surface area (Å²) in [7, 11) is 0. The minimum absolute atomic E-state index is 0.241. The van der Waals surface area contributed by atoms with E-state index in [9.17, 15) is 14.0 Å². The molecule has 1 aliphatic heterocycles. The molecule has 0 aliphatic carbocycles. The number of ether oxygens (including phenoxy) is 1. The Kier molecular flexibility index (Phi) is 3.99. The van der Waals surface area contributed by atoms with E-state index in [2.05, 4.69) is 0 Å². The van der Waals surface area contributed by atoms with Gasteiger partial charge in [-0.3, -0.25) is 4.79 Å². The Morgan fingerprint density at radius 2 is 2.05 bits per heavy atom. The van der Waals surface area contributed by atoms with Crippen LogP contribution in [-0.2, 0) is 9.59 Å². The fourth-order valence-electron chi connectivity index (χ4n) is 2.08. The first kappa shape index (κ1) is 13.3. The molecule has 0 bridgehead atoms. The Bertz CT molecular complexity index is 474. The number of hydrogen-bond donors (Lipinski definition) is 1. The number of aliphatic carboxylic acids is 1. The van der Waals surface area contributed by atoms with E-state index in [0.29, 0.717) is 25.1 Å². The standard InChI is InChI=1S/C13H14FNO4/c14-9-3-5-10(6-4-9)19-8-12(16)15-7-1-2-11(15)13(17)18/h3-6,11H,1-2,7-8H2,(H,17,18)/t11-/m0/s1. The molecule has 0 aromatic heterocycles. The SMILES string of the molecule is O=C(O)[C@@H]1CCCN1C(=O)COc1ccc(F)cc1. The maximum absolute atomic E-state index is 12.7. The van der Waals surface area contributed by atoms with Crippen molar-refractivity contribution in [1.82, 2.24) is 4.90 Å². The molecule has 6 heteroatoms. The van der Waals surface area contributed by atoms with Gasteiger partial charge in [0.25, 0.3) is 5.91 Å². The highest BCUT2D eigenvalue weighted by molar-refractivity contribution is 5.85. The molecule has 0 unspecified atom stereocenters. The van der Waals surface area contributed by atoms with E-state index < -0.39 is 12.0 Å². The number of likely N-dealkylation sites (tertiary alicyclic amines) is 1. The molecule has 5 nitrogen and oxygen atoms in total. The smallest absolute Gasteiger partial charge is 0.326 e. The van der Waals surface area contributed by atoms with Crippen LogP contribution >= 0.6 is 0 Å². The van der Waals surface area contributed by atoms with E-state index in [1.807, 2.05) is 0 Å². The molecule has 102 valence electrons. The molecule has 1 fully saturated rings. The van der Waals surface area contributed by atoms with Crippen molar-refractivity contribution in [3.8, 4) is 5.75 Å². The van der Waals surface area contributed by atoms with Gasteiger partial charge in [0.15, 0.2) is 6.61 Å². The van der Waals surface area contributed by atoms with Gasteiger partial charge in [-0.1, -0.05) is 0 Å². The van der Waals surface area contributed by atoms with Crippen LogP contribution in [-0.4, -0.2) is 41.1 Å². The Hall–Kier alpha value is -2.11. The van der Waals surface area contributed by atoms with Gasteiger partial charge in [0.2, 0.25) is 0 Å². The van der Waals surface area contributed by atoms with Crippen LogP contribution in [0.25, 0.3) is 0 Å². The number of carboxylic acid groups (broad SMARTS) is 1. The van der Waals surface area contributed by atoms with Crippen molar-refractivity contribution in [3.63, 3.8) is 0 Å². The van der Waals surface area contributed by atoms with E-state index in [0.717, 1.165) is 0 Å². The van der Waals surface area contributed by atoms with Gasteiger partial charge in [0.1, 0.15) is 17.6 Å². The minimum Gasteiger partial charge on any atom is -0.484 e. The van der Waals surface area contributed by atoms with Gasteiger partial charge in [0, 0.05) is 6.54 Å². The second-order valence-corrected chi connectivity index (χ2v) is 4.33. The van der Waals surface area contributed by atoms with E-state index in [1.54, 1.807) is 0 Å². The summed E-state index contributed by atoms with van der Waals surface area (Å²) in [5, 5.41) is 8.97. The fourth-order valence-corrected chi connectivity index (χ4v) is 2.08. The Balaban J connectivity index is 1.90. The number of carbonyl (C=O) groups excluding carboxylic acids is 1. The predicted octanol–water partition coefficient (Wildman–Crippen LogP) is 1.28. The van der Waals surface area contributed by atoms with E-state index >= 15 is 0 Å². The molecule has 1 N–H and O–H groups in total. The van der Waals surface area contributed by atoms with Gasteiger partial charge in [-0.15, -0.1) is 0 Å². The van der Waals surface area contributed by atoms with Crippen molar-refractivity contribution in [1.29, 1.82) is 0 Å². The van der Waals surface area contributed by atoms with Crippen LogP contribution in [0.15, 0.2) is 24.3 Å². The highest BCUT2D eigenvalue weighted by Crippen LogP contribution is 2.18. The van der Waals surface area contributed by atoms with Crippen LogP contribution in [0.4, 0.5) is 4.39 Å². The lowest BCUT2D eigenvalue weighted by atomic mass is 10.2. The van der Waals surface area contributed by atoms with Crippen molar-refractivity contribution in [2.45, 2.75) is 18.9 Å². The number of carbonyl (C=O) groups is 2. The third-order valence-corrected chi connectivity index (χ3v) is 3.03. The first-order chi connectivity index (χ1) is 9.08. The number of benzene rings is 1. The van der Waals surface area contributed by atoms with Gasteiger partial charge in [0.05, 0.1) is 0 Å². The van der Waals surface area contributed by atoms with Crippen LogP contribution < -0.4 is 4.74 Å². The third kappa shape index (κ3) is 3.21. The molecule has 0 radical (unpaired) electrons. The maximum atomic E-state index is 12.7. The average molecular weight is 267 g/mol. The number of halogens is 1.